The lowest BCUT2D eigenvalue weighted by atomic mass is 9.96. The van der Waals surface area contributed by atoms with Gasteiger partial charge in [0.15, 0.2) is 9.84 Å². The summed E-state index contributed by atoms with van der Waals surface area (Å²) in [5.41, 5.74) is 0.417. The van der Waals surface area contributed by atoms with Crippen LogP contribution >= 0.6 is 0 Å². The second-order valence-electron chi connectivity index (χ2n) is 8.47. The van der Waals surface area contributed by atoms with Gasteiger partial charge in [-0.05, 0) is 49.2 Å². The number of sulfone groups is 1. The molecular formula is C23H26N4O6S2. The number of nitrogens with zero attached hydrogens (tertiary/aromatic N) is 3. The van der Waals surface area contributed by atoms with Crippen molar-refractivity contribution in [3.05, 3.63) is 54.1 Å². The van der Waals surface area contributed by atoms with Gasteiger partial charge in [0.25, 0.3) is 11.8 Å². The predicted octanol–water partition coefficient (Wildman–Crippen LogP) is 3.35. The number of aromatic nitrogens is 2. The molecule has 1 aliphatic rings. The maximum absolute atomic E-state index is 13.0. The van der Waals surface area contributed by atoms with Crippen molar-refractivity contribution < 1.29 is 26.0 Å². The number of hydrogen-bond acceptors (Lipinski definition) is 8. The van der Waals surface area contributed by atoms with Crippen molar-refractivity contribution in [2.75, 3.05) is 18.6 Å². The van der Waals surface area contributed by atoms with Crippen molar-refractivity contribution >= 4 is 31.8 Å². The molecule has 0 spiro atoms. The summed E-state index contributed by atoms with van der Waals surface area (Å²) in [4.78, 5) is 12.8. The number of benzene rings is 2. The van der Waals surface area contributed by atoms with E-state index in [1.54, 1.807) is 19.2 Å². The van der Waals surface area contributed by atoms with Crippen molar-refractivity contribution in [1.82, 2.24) is 14.5 Å². The molecule has 1 N–H and O–H groups in total. The van der Waals surface area contributed by atoms with Gasteiger partial charge < -0.3 is 4.42 Å². The Kier molecular flexibility index (Phi) is 7.06. The van der Waals surface area contributed by atoms with E-state index < -0.39 is 25.8 Å². The average Bonchev–Trinajstić information content (AvgIpc) is 3.32. The number of carbonyl (C=O) groups excluding carboxylic acids is 1. The molecule has 0 aliphatic heterocycles. The minimum atomic E-state index is -3.67. The monoisotopic (exact) mass is 518 g/mol. The molecule has 0 atom stereocenters. The zero-order chi connectivity index (χ0) is 25.2. The standard InChI is InChI=1S/C23H26N4O6S2/c1-27(17-8-4-3-5-9-17)35(31,32)18-14-12-16(13-15-18)21(28)24-23-26-25-22(33-23)19-10-6-7-11-20(19)34(2,29)30/h6-7,10-15,17H,3-5,8-9H2,1-2H3,(H,24,26,28). The Bertz CT molecular complexity index is 1430. The van der Waals surface area contributed by atoms with Gasteiger partial charge in [0.05, 0.1) is 15.4 Å². The summed E-state index contributed by atoms with van der Waals surface area (Å²) in [5, 5.41) is 10.1. The highest BCUT2D eigenvalue weighted by Crippen LogP contribution is 2.28. The number of sulfonamides is 1. The second kappa shape index (κ2) is 9.88. The van der Waals surface area contributed by atoms with Crippen LogP contribution in [0.2, 0.25) is 0 Å². The number of carbonyl (C=O) groups is 1. The summed E-state index contributed by atoms with van der Waals surface area (Å²) in [6, 6.07) is 11.5. The molecule has 1 amide bonds. The van der Waals surface area contributed by atoms with Crippen LogP contribution in [0.1, 0.15) is 42.5 Å². The van der Waals surface area contributed by atoms with E-state index in [9.17, 15) is 21.6 Å². The van der Waals surface area contributed by atoms with Crippen molar-refractivity contribution in [2.24, 2.45) is 0 Å². The SMILES string of the molecule is CN(C1CCCCC1)S(=O)(=O)c1ccc(C(=O)Nc2nnc(-c3ccccc3S(C)(=O)=O)o2)cc1. The topological polar surface area (TPSA) is 140 Å². The first kappa shape index (κ1) is 25.0. The molecule has 1 fully saturated rings. The van der Waals surface area contributed by atoms with Crippen LogP contribution in [0.5, 0.6) is 0 Å². The zero-order valence-corrected chi connectivity index (χ0v) is 21.0. The van der Waals surface area contributed by atoms with E-state index in [1.165, 1.54) is 40.7 Å². The van der Waals surface area contributed by atoms with Crippen LogP contribution in [-0.2, 0) is 19.9 Å². The molecule has 0 unspecified atom stereocenters. The number of amides is 1. The number of rotatable bonds is 7. The quantitative estimate of drug-likeness (QED) is 0.502. The summed E-state index contributed by atoms with van der Waals surface area (Å²) in [5.74, 6) is -0.644. The first-order valence-electron chi connectivity index (χ1n) is 11.1. The minimum absolute atomic E-state index is 0.0173. The van der Waals surface area contributed by atoms with Crippen LogP contribution in [0.4, 0.5) is 6.01 Å². The maximum atomic E-state index is 13.0. The van der Waals surface area contributed by atoms with E-state index >= 15 is 0 Å². The summed E-state index contributed by atoms with van der Waals surface area (Å²) in [6.07, 6.45) is 5.91. The van der Waals surface area contributed by atoms with Crippen LogP contribution in [0.25, 0.3) is 11.5 Å². The molecule has 1 heterocycles. The van der Waals surface area contributed by atoms with Gasteiger partial charge in [0, 0.05) is 24.9 Å². The van der Waals surface area contributed by atoms with Crippen LogP contribution < -0.4 is 5.32 Å². The molecule has 186 valence electrons. The summed E-state index contributed by atoms with van der Waals surface area (Å²) in [7, 11) is -5.61. The lowest BCUT2D eigenvalue weighted by Crippen LogP contribution is -2.38. The lowest BCUT2D eigenvalue weighted by molar-refractivity contribution is 0.102. The van der Waals surface area contributed by atoms with E-state index in [1.807, 2.05) is 0 Å². The third kappa shape index (κ3) is 5.44. The Balaban J connectivity index is 1.48. The summed E-state index contributed by atoms with van der Waals surface area (Å²) in [6.45, 7) is 0. The van der Waals surface area contributed by atoms with Gasteiger partial charge in [-0.25, -0.2) is 16.8 Å². The summed E-state index contributed by atoms with van der Waals surface area (Å²) < 4.78 is 56.9. The number of nitrogens with one attached hydrogen (secondary N) is 1. The molecule has 10 nitrogen and oxygen atoms in total. The van der Waals surface area contributed by atoms with E-state index in [4.69, 9.17) is 4.42 Å². The van der Waals surface area contributed by atoms with Gasteiger partial charge in [0.1, 0.15) is 0 Å². The van der Waals surface area contributed by atoms with Gasteiger partial charge in [-0.15, -0.1) is 5.10 Å². The predicted molar refractivity (Wildman–Crippen MR) is 129 cm³/mol. The Hall–Kier alpha value is -3.09. The normalized spacial score (nSPS) is 15.3. The fraction of sp³-hybridized carbons (Fsp3) is 0.348. The Morgan fingerprint density at radius 1 is 0.971 bits per heavy atom. The van der Waals surface area contributed by atoms with E-state index in [0.29, 0.717) is 0 Å². The summed E-state index contributed by atoms with van der Waals surface area (Å²) >= 11 is 0. The van der Waals surface area contributed by atoms with Crippen LogP contribution in [-0.4, -0.2) is 56.6 Å². The molecule has 0 radical (unpaired) electrons. The minimum Gasteiger partial charge on any atom is -0.403 e. The fourth-order valence-electron chi connectivity index (χ4n) is 4.10. The first-order chi connectivity index (χ1) is 16.6. The molecule has 12 heteroatoms. The van der Waals surface area contributed by atoms with Crippen LogP contribution in [0.15, 0.2) is 62.7 Å². The molecule has 1 saturated carbocycles. The Morgan fingerprint density at radius 3 is 2.29 bits per heavy atom. The molecule has 1 aliphatic carbocycles. The second-order valence-corrected chi connectivity index (χ2v) is 12.5. The molecule has 2 aromatic carbocycles. The highest BCUT2D eigenvalue weighted by molar-refractivity contribution is 7.90. The highest BCUT2D eigenvalue weighted by atomic mass is 32.2. The lowest BCUT2D eigenvalue weighted by Gasteiger charge is -2.30. The average molecular weight is 519 g/mol. The van der Waals surface area contributed by atoms with E-state index in [-0.39, 0.29) is 38.9 Å². The largest absolute Gasteiger partial charge is 0.403 e. The number of anilines is 1. The third-order valence-electron chi connectivity index (χ3n) is 6.04. The molecular weight excluding hydrogens is 492 g/mol. The maximum Gasteiger partial charge on any atom is 0.322 e. The van der Waals surface area contributed by atoms with Crippen molar-refractivity contribution in [1.29, 1.82) is 0 Å². The zero-order valence-electron chi connectivity index (χ0n) is 19.3. The highest BCUT2D eigenvalue weighted by Gasteiger charge is 2.29. The number of hydrogen-bond donors (Lipinski definition) is 1. The van der Waals surface area contributed by atoms with Gasteiger partial charge in [-0.3, -0.25) is 10.1 Å². The Morgan fingerprint density at radius 2 is 1.63 bits per heavy atom. The molecule has 0 saturated heterocycles. The molecule has 3 aromatic rings. The van der Waals surface area contributed by atoms with Crippen molar-refractivity contribution in [3.8, 4) is 11.5 Å². The smallest absolute Gasteiger partial charge is 0.322 e. The van der Waals surface area contributed by atoms with Gasteiger partial charge in [-0.1, -0.05) is 36.5 Å². The molecule has 1 aromatic heterocycles. The van der Waals surface area contributed by atoms with E-state index in [0.717, 1.165) is 38.4 Å². The van der Waals surface area contributed by atoms with Crippen molar-refractivity contribution in [2.45, 2.75) is 47.9 Å². The third-order valence-corrected chi connectivity index (χ3v) is 9.12. The van der Waals surface area contributed by atoms with Gasteiger partial charge in [-0.2, -0.15) is 4.31 Å². The Labute approximate surface area is 204 Å². The van der Waals surface area contributed by atoms with E-state index in [2.05, 4.69) is 15.5 Å². The molecule has 0 bridgehead atoms. The van der Waals surface area contributed by atoms with Crippen LogP contribution in [0.3, 0.4) is 0 Å². The van der Waals surface area contributed by atoms with Gasteiger partial charge >= 0.3 is 6.01 Å². The van der Waals surface area contributed by atoms with Crippen LogP contribution in [0, 0.1) is 0 Å². The molecule has 35 heavy (non-hydrogen) atoms. The van der Waals surface area contributed by atoms with Crippen molar-refractivity contribution in [3.63, 3.8) is 0 Å². The van der Waals surface area contributed by atoms with Gasteiger partial charge in [0.2, 0.25) is 10.0 Å². The molecule has 4 rings (SSSR count). The fourth-order valence-corrected chi connectivity index (χ4v) is 6.40. The first-order valence-corrected chi connectivity index (χ1v) is 14.4.